The van der Waals surface area contributed by atoms with Gasteiger partial charge in [-0.25, -0.2) is 4.90 Å². The molecule has 0 radical (unpaired) electrons. The summed E-state index contributed by atoms with van der Waals surface area (Å²) in [5.74, 6) is -1.27. The van der Waals surface area contributed by atoms with Crippen LogP contribution in [0.1, 0.15) is 23.1 Å². The van der Waals surface area contributed by atoms with Gasteiger partial charge in [-0.2, -0.15) is 13.2 Å². The second-order valence-electron chi connectivity index (χ2n) is 9.21. The van der Waals surface area contributed by atoms with E-state index in [4.69, 9.17) is 33.3 Å². The molecule has 5 rings (SSSR count). The average Bonchev–Trinajstić information content (AvgIpc) is 3.40. The third-order valence-electron chi connectivity index (χ3n) is 6.48. The van der Waals surface area contributed by atoms with Crippen molar-refractivity contribution in [3.8, 4) is 11.5 Å². The zero-order valence-electron chi connectivity index (χ0n) is 21.7. The van der Waals surface area contributed by atoms with Crippen LogP contribution in [0.5, 0.6) is 11.5 Å². The normalized spacial score (nSPS) is 18.4. The van der Waals surface area contributed by atoms with Gasteiger partial charge in [0.15, 0.2) is 11.5 Å². The minimum absolute atomic E-state index is 0.0539. The fourth-order valence-corrected chi connectivity index (χ4v) is 5.93. The van der Waals surface area contributed by atoms with Crippen molar-refractivity contribution in [2.24, 2.45) is 0 Å². The maximum absolute atomic E-state index is 13.3. The van der Waals surface area contributed by atoms with Gasteiger partial charge in [0.2, 0.25) is 5.91 Å². The molecule has 3 amide bonds. The van der Waals surface area contributed by atoms with Crippen molar-refractivity contribution in [3.63, 3.8) is 0 Å². The number of anilines is 1. The number of thioether (sulfide) groups is 1. The minimum atomic E-state index is -4.66. The van der Waals surface area contributed by atoms with E-state index >= 15 is 0 Å². The number of halogens is 4. The molecule has 2 aliphatic heterocycles. The molecule has 3 aromatic rings. The van der Waals surface area contributed by atoms with Crippen molar-refractivity contribution in [2.75, 3.05) is 12.0 Å². The molecule has 1 unspecified atom stereocenters. The van der Waals surface area contributed by atoms with E-state index in [2.05, 4.69) is 0 Å². The Hall–Kier alpha value is -3.87. The van der Waals surface area contributed by atoms with Crippen molar-refractivity contribution in [1.29, 1.82) is 0 Å². The van der Waals surface area contributed by atoms with Crippen molar-refractivity contribution < 1.29 is 37.0 Å². The monoisotopic (exact) mass is 632 g/mol. The van der Waals surface area contributed by atoms with E-state index in [0.717, 1.165) is 40.4 Å². The molecule has 0 bridgehead atoms. The van der Waals surface area contributed by atoms with Gasteiger partial charge in [-0.3, -0.25) is 19.3 Å². The van der Waals surface area contributed by atoms with Crippen LogP contribution in [0.15, 0.2) is 71.6 Å². The van der Waals surface area contributed by atoms with Gasteiger partial charge in [-0.15, -0.1) is 0 Å². The highest BCUT2D eigenvalue weighted by Crippen LogP contribution is 2.39. The first kappa shape index (κ1) is 29.6. The summed E-state index contributed by atoms with van der Waals surface area (Å²) in [7, 11) is 1.48. The number of methoxy groups -OCH3 is 1. The van der Waals surface area contributed by atoms with Crippen molar-refractivity contribution >= 4 is 69.4 Å². The van der Waals surface area contributed by atoms with Crippen molar-refractivity contribution in [3.05, 3.63) is 93.3 Å². The highest BCUT2D eigenvalue weighted by atomic mass is 35.5. The molecule has 0 saturated carbocycles. The SMILES string of the molecule is COc1cc(/C=C2\SC(=S)N(C3CC(=O)N(c4cccc(C(F)(F)F)c4)C3=O)C2=O)ccc1OCc1ccc(Cl)cc1. The number of carbonyl (C=O) groups excluding carboxylic acids is 3. The Balaban J connectivity index is 1.33. The molecule has 13 heteroatoms. The van der Waals surface area contributed by atoms with Gasteiger partial charge in [0, 0.05) is 5.02 Å². The Kier molecular flexibility index (Phi) is 8.31. The summed E-state index contributed by atoms with van der Waals surface area (Å²) < 4.78 is 51.0. The molecular weight excluding hydrogens is 613 g/mol. The zero-order valence-corrected chi connectivity index (χ0v) is 24.1. The van der Waals surface area contributed by atoms with E-state index in [-0.39, 0.29) is 21.5 Å². The molecule has 0 aliphatic carbocycles. The summed E-state index contributed by atoms with van der Waals surface area (Å²) in [6, 6.07) is 14.9. The van der Waals surface area contributed by atoms with Crippen molar-refractivity contribution in [1.82, 2.24) is 4.90 Å². The predicted molar refractivity (Wildman–Crippen MR) is 156 cm³/mol. The quantitative estimate of drug-likeness (QED) is 0.168. The predicted octanol–water partition coefficient (Wildman–Crippen LogP) is 6.48. The number of carbonyl (C=O) groups is 3. The Bertz CT molecular complexity index is 1630. The van der Waals surface area contributed by atoms with Crippen LogP contribution in [0.25, 0.3) is 6.08 Å². The second-order valence-corrected chi connectivity index (χ2v) is 11.3. The molecule has 2 saturated heterocycles. The fourth-order valence-electron chi connectivity index (χ4n) is 4.45. The van der Waals surface area contributed by atoms with Gasteiger partial charge in [0.25, 0.3) is 11.8 Å². The van der Waals surface area contributed by atoms with Gasteiger partial charge in [-0.1, -0.05) is 59.8 Å². The molecule has 2 fully saturated rings. The second kappa shape index (κ2) is 11.8. The summed E-state index contributed by atoms with van der Waals surface area (Å²) in [6.45, 7) is 0.275. The number of hydrogen-bond donors (Lipinski definition) is 0. The molecule has 42 heavy (non-hydrogen) atoms. The summed E-state index contributed by atoms with van der Waals surface area (Å²) in [6.07, 6.45) is -3.51. The lowest BCUT2D eigenvalue weighted by molar-refractivity contribution is -0.137. The standard InChI is InChI=1S/C29H20ClF3N2O5S2/c1-39-23-11-17(7-10-22(23)40-15-16-5-8-19(30)9-6-16)12-24-27(38)35(28(41)42-24)21-14-25(36)34(26(21)37)20-4-2-3-18(13-20)29(31,32)33/h2-13,21H,14-15H2,1H3/b24-12-. The highest BCUT2D eigenvalue weighted by molar-refractivity contribution is 8.26. The topological polar surface area (TPSA) is 76.2 Å². The maximum Gasteiger partial charge on any atom is 0.416 e. The molecule has 0 spiro atoms. The van der Waals surface area contributed by atoms with E-state index in [1.807, 2.05) is 12.1 Å². The molecule has 2 aliphatic rings. The lowest BCUT2D eigenvalue weighted by Crippen LogP contribution is -2.44. The number of ether oxygens (including phenoxy) is 2. The number of hydrogen-bond acceptors (Lipinski definition) is 7. The van der Waals surface area contributed by atoms with Crippen LogP contribution in [0.2, 0.25) is 5.02 Å². The van der Waals surface area contributed by atoms with Crippen LogP contribution >= 0.6 is 35.6 Å². The summed E-state index contributed by atoms with van der Waals surface area (Å²) in [4.78, 5) is 41.2. The Morgan fingerprint density at radius 1 is 1.05 bits per heavy atom. The van der Waals surface area contributed by atoms with E-state index in [9.17, 15) is 27.6 Å². The van der Waals surface area contributed by atoms with Crippen molar-refractivity contribution in [2.45, 2.75) is 25.2 Å². The number of amides is 3. The minimum Gasteiger partial charge on any atom is -0.493 e. The molecule has 0 N–H and O–H groups in total. The molecule has 216 valence electrons. The van der Waals surface area contributed by atoms with Crippen LogP contribution < -0.4 is 14.4 Å². The lowest BCUT2D eigenvalue weighted by Gasteiger charge is -2.21. The van der Waals surface area contributed by atoms with Gasteiger partial charge < -0.3 is 9.47 Å². The Morgan fingerprint density at radius 2 is 1.79 bits per heavy atom. The number of rotatable bonds is 7. The maximum atomic E-state index is 13.3. The number of alkyl halides is 3. The lowest BCUT2D eigenvalue weighted by atomic mass is 10.1. The van der Waals surface area contributed by atoms with Gasteiger partial charge >= 0.3 is 6.18 Å². The number of benzene rings is 3. The Morgan fingerprint density at radius 3 is 2.48 bits per heavy atom. The summed E-state index contributed by atoms with van der Waals surface area (Å²) in [5, 5.41) is 0.614. The first-order chi connectivity index (χ1) is 20.0. The van der Waals surface area contributed by atoms with Gasteiger partial charge in [0.05, 0.1) is 29.7 Å². The van der Waals surface area contributed by atoms with E-state index in [0.29, 0.717) is 27.0 Å². The van der Waals surface area contributed by atoms with Crippen LogP contribution in [0, 0.1) is 0 Å². The highest BCUT2D eigenvalue weighted by Gasteiger charge is 2.49. The number of nitrogens with zero attached hydrogens (tertiary/aromatic N) is 2. The molecule has 1 atom stereocenters. The zero-order chi connectivity index (χ0) is 30.2. The summed E-state index contributed by atoms with van der Waals surface area (Å²) in [5.41, 5.74) is 0.259. The molecular formula is C29H20ClF3N2O5S2. The molecule has 0 aromatic heterocycles. The molecule has 7 nitrogen and oxygen atoms in total. The van der Waals surface area contributed by atoms with Crippen LogP contribution in [-0.2, 0) is 27.2 Å². The fraction of sp³-hybridized carbons (Fsp3) is 0.172. The Labute approximate surface area is 252 Å². The first-order valence-corrected chi connectivity index (χ1v) is 13.9. The van der Waals surface area contributed by atoms with Gasteiger partial charge in [0.1, 0.15) is 17.0 Å². The number of thiocarbonyl (C=S) groups is 1. The number of imide groups is 1. The van der Waals surface area contributed by atoms with E-state index in [1.54, 1.807) is 36.4 Å². The van der Waals surface area contributed by atoms with Crippen LogP contribution in [0.4, 0.5) is 18.9 Å². The molecule has 3 aromatic carbocycles. The van der Waals surface area contributed by atoms with Gasteiger partial charge in [-0.05, 0) is 59.7 Å². The van der Waals surface area contributed by atoms with E-state index < -0.39 is 41.9 Å². The smallest absolute Gasteiger partial charge is 0.416 e. The van der Waals surface area contributed by atoms with Crippen LogP contribution in [0.3, 0.4) is 0 Å². The molecule has 2 heterocycles. The van der Waals surface area contributed by atoms with Crippen LogP contribution in [-0.4, -0.2) is 40.1 Å². The largest absolute Gasteiger partial charge is 0.493 e. The van der Waals surface area contributed by atoms with E-state index in [1.165, 1.54) is 13.2 Å². The third-order valence-corrected chi connectivity index (χ3v) is 8.07. The average molecular weight is 633 g/mol. The first-order valence-electron chi connectivity index (χ1n) is 12.3. The third kappa shape index (κ3) is 6.01. The summed E-state index contributed by atoms with van der Waals surface area (Å²) >= 11 is 12.2.